The molecule has 0 spiro atoms. The lowest BCUT2D eigenvalue weighted by molar-refractivity contribution is -0.116. The van der Waals surface area contributed by atoms with Gasteiger partial charge in [0.2, 0.25) is 5.91 Å². The molecule has 2 heterocycles. The number of H-pyrrole nitrogens is 1. The summed E-state index contributed by atoms with van der Waals surface area (Å²) in [6, 6.07) is 15.1. The van der Waals surface area contributed by atoms with Crippen LogP contribution in [0.4, 0.5) is 5.69 Å². The molecule has 0 radical (unpaired) electrons. The van der Waals surface area contributed by atoms with Gasteiger partial charge in [-0.3, -0.25) is 14.5 Å². The number of carbonyl (C=O) groups excluding carboxylic acids is 1. The van der Waals surface area contributed by atoms with Crippen LogP contribution in [0, 0.1) is 11.7 Å². The predicted molar refractivity (Wildman–Crippen MR) is 105 cm³/mol. The first-order chi connectivity index (χ1) is 13.6. The summed E-state index contributed by atoms with van der Waals surface area (Å²) in [5.41, 5.74) is 3.45. The first kappa shape index (κ1) is 17.7. The first-order valence-electron chi connectivity index (χ1n) is 8.46. The molecule has 4 rings (SSSR count). The van der Waals surface area contributed by atoms with Gasteiger partial charge in [0.15, 0.2) is 10.6 Å². The maximum Gasteiger partial charge on any atom is 0.244 e. The van der Waals surface area contributed by atoms with E-state index in [-0.39, 0.29) is 12.5 Å². The van der Waals surface area contributed by atoms with E-state index in [0.717, 1.165) is 16.8 Å². The van der Waals surface area contributed by atoms with Crippen molar-refractivity contribution in [1.82, 2.24) is 35.0 Å². The Bertz CT molecular complexity index is 1160. The molecular weight excluding hydrogens is 376 g/mol. The van der Waals surface area contributed by atoms with Crippen molar-refractivity contribution in [3.05, 3.63) is 65.2 Å². The highest BCUT2D eigenvalue weighted by Crippen LogP contribution is 2.19. The molecule has 0 saturated heterocycles. The Kier molecular flexibility index (Phi) is 4.77. The van der Waals surface area contributed by atoms with Gasteiger partial charge < -0.3 is 5.32 Å². The monoisotopic (exact) mass is 392 g/mol. The molecule has 140 valence electrons. The topological polar surface area (TPSA) is 106 Å². The molecule has 0 aliphatic heterocycles. The Morgan fingerprint density at radius 3 is 2.75 bits per heavy atom. The summed E-state index contributed by atoms with van der Waals surface area (Å²) >= 11 is 5.29. The van der Waals surface area contributed by atoms with Gasteiger partial charge >= 0.3 is 0 Å². The van der Waals surface area contributed by atoms with Crippen molar-refractivity contribution >= 4 is 23.8 Å². The van der Waals surface area contributed by atoms with Gasteiger partial charge in [-0.25, -0.2) is 4.68 Å². The lowest BCUT2D eigenvalue weighted by Gasteiger charge is -2.09. The van der Waals surface area contributed by atoms with E-state index in [2.05, 4.69) is 31.0 Å². The van der Waals surface area contributed by atoms with E-state index in [1.165, 1.54) is 11.0 Å². The zero-order valence-electron chi connectivity index (χ0n) is 14.9. The second kappa shape index (κ2) is 7.53. The fourth-order valence-corrected chi connectivity index (χ4v) is 2.99. The highest BCUT2D eigenvalue weighted by Gasteiger charge is 2.13. The number of amides is 1. The number of nitrogens with one attached hydrogen (secondary N) is 2. The van der Waals surface area contributed by atoms with Gasteiger partial charge in [-0.05, 0) is 59.9 Å². The zero-order valence-corrected chi connectivity index (χ0v) is 15.7. The summed E-state index contributed by atoms with van der Waals surface area (Å²) in [6.45, 7) is 2.05. The normalized spacial score (nSPS) is 10.8. The molecule has 2 N–H and O–H groups in total. The third-order valence-electron chi connectivity index (χ3n) is 4.10. The van der Waals surface area contributed by atoms with Crippen molar-refractivity contribution in [2.75, 3.05) is 5.32 Å². The van der Waals surface area contributed by atoms with Crippen LogP contribution in [0.25, 0.3) is 17.1 Å². The number of tetrazole rings is 1. The van der Waals surface area contributed by atoms with Gasteiger partial charge in [-0.2, -0.15) is 5.10 Å². The van der Waals surface area contributed by atoms with E-state index in [1.807, 2.05) is 43.3 Å². The summed E-state index contributed by atoms with van der Waals surface area (Å²) in [5, 5.41) is 20.9. The highest BCUT2D eigenvalue weighted by molar-refractivity contribution is 7.71. The number of aryl methyl sites for hydroxylation is 1. The molecule has 1 amide bonds. The molecule has 0 aliphatic rings. The highest BCUT2D eigenvalue weighted by atomic mass is 32.1. The Morgan fingerprint density at radius 1 is 1.21 bits per heavy atom. The maximum absolute atomic E-state index is 12.5. The molecule has 2 aromatic carbocycles. The number of rotatable bonds is 5. The molecule has 9 nitrogen and oxygen atoms in total. The number of anilines is 1. The van der Waals surface area contributed by atoms with Gasteiger partial charge in [0, 0.05) is 11.3 Å². The lowest BCUT2D eigenvalue weighted by Crippen LogP contribution is -2.19. The smallest absolute Gasteiger partial charge is 0.244 e. The third-order valence-corrected chi connectivity index (χ3v) is 4.41. The largest absolute Gasteiger partial charge is 0.325 e. The summed E-state index contributed by atoms with van der Waals surface area (Å²) in [6.07, 6.45) is 1.50. The molecule has 28 heavy (non-hydrogen) atoms. The molecule has 0 fully saturated rings. The Labute approximate surface area is 165 Å². The molecule has 0 unspecified atom stereocenters. The van der Waals surface area contributed by atoms with E-state index in [9.17, 15) is 4.79 Å². The SMILES string of the molecule is Cc1cccc(-c2n[nH]c(=S)n2CC(=O)Nc2ccc(-n3cnnn3)cc2)c1. The van der Waals surface area contributed by atoms with Crippen molar-refractivity contribution in [3.8, 4) is 17.1 Å². The number of nitrogens with zero attached hydrogens (tertiary/aromatic N) is 6. The van der Waals surface area contributed by atoms with Crippen molar-refractivity contribution in [2.24, 2.45) is 0 Å². The summed E-state index contributed by atoms with van der Waals surface area (Å²) < 4.78 is 3.60. The zero-order chi connectivity index (χ0) is 19.5. The van der Waals surface area contributed by atoms with E-state index in [4.69, 9.17) is 12.2 Å². The fraction of sp³-hybridized carbons (Fsp3) is 0.111. The van der Waals surface area contributed by atoms with Crippen molar-refractivity contribution in [1.29, 1.82) is 0 Å². The van der Waals surface area contributed by atoms with Crippen LogP contribution in [0.1, 0.15) is 5.56 Å². The summed E-state index contributed by atoms with van der Waals surface area (Å²) in [4.78, 5) is 12.5. The Morgan fingerprint density at radius 2 is 2.04 bits per heavy atom. The molecule has 4 aromatic rings. The van der Waals surface area contributed by atoms with Gasteiger partial charge in [-0.1, -0.05) is 23.8 Å². The standard InChI is InChI=1S/C18H16N8OS/c1-12-3-2-4-13(9-12)17-21-22-18(28)25(17)10-16(27)20-14-5-7-15(8-6-14)26-11-19-23-24-26/h2-9,11H,10H2,1H3,(H,20,27)(H,22,28). The molecular formula is C18H16N8OS. The third kappa shape index (κ3) is 3.71. The van der Waals surface area contributed by atoms with Crippen molar-refractivity contribution in [2.45, 2.75) is 13.5 Å². The molecule has 0 bridgehead atoms. The summed E-state index contributed by atoms with van der Waals surface area (Å²) in [5.74, 6) is 0.416. The van der Waals surface area contributed by atoms with Gasteiger partial charge in [0.05, 0.1) is 5.69 Å². The first-order valence-corrected chi connectivity index (χ1v) is 8.86. The number of aromatic nitrogens is 7. The van der Waals surface area contributed by atoms with Crippen LogP contribution < -0.4 is 5.32 Å². The molecule has 0 atom stereocenters. The van der Waals surface area contributed by atoms with Crippen LogP contribution in [0.5, 0.6) is 0 Å². The van der Waals surface area contributed by atoms with Gasteiger partial charge in [0.25, 0.3) is 0 Å². The Balaban J connectivity index is 1.50. The van der Waals surface area contributed by atoms with E-state index >= 15 is 0 Å². The average molecular weight is 392 g/mol. The number of aromatic amines is 1. The number of hydrogen-bond donors (Lipinski definition) is 2. The second-order valence-corrected chi connectivity index (χ2v) is 6.54. The minimum absolute atomic E-state index is 0.0490. The average Bonchev–Trinajstić information content (AvgIpc) is 3.33. The molecule has 10 heteroatoms. The van der Waals surface area contributed by atoms with Gasteiger partial charge in [-0.15, -0.1) is 5.10 Å². The van der Waals surface area contributed by atoms with Gasteiger partial charge in [0.1, 0.15) is 12.9 Å². The molecule has 0 saturated carbocycles. The lowest BCUT2D eigenvalue weighted by atomic mass is 10.1. The van der Waals surface area contributed by atoms with Crippen LogP contribution in [0.2, 0.25) is 0 Å². The fourth-order valence-electron chi connectivity index (χ4n) is 2.79. The molecule has 0 aliphatic carbocycles. The van der Waals surface area contributed by atoms with Crippen LogP contribution in [0.3, 0.4) is 0 Å². The van der Waals surface area contributed by atoms with E-state index in [0.29, 0.717) is 16.3 Å². The quantitative estimate of drug-likeness (QED) is 0.506. The maximum atomic E-state index is 12.5. The van der Waals surface area contributed by atoms with E-state index < -0.39 is 0 Å². The number of carbonyl (C=O) groups is 1. The van der Waals surface area contributed by atoms with Crippen molar-refractivity contribution < 1.29 is 4.79 Å². The number of benzene rings is 2. The predicted octanol–water partition coefficient (Wildman–Crippen LogP) is 2.53. The minimum Gasteiger partial charge on any atom is -0.325 e. The van der Waals surface area contributed by atoms with Crippen molar-refractivity contribution in [3.63, 3.8) is 0 Å². The minimum atomic E-state index is -0.207. The van der Waals surface area contributed by atoms with Crippen LogP contribution in [-0.2, 0) is 11.3 Å². The summed E-state index contributed by atoms with van der Waals surface area (Å²) in [7, 11) is 0. The molecule has 2 aromatic heterocycles. The van der Waals surface area contributed by atoms with E-state index in [1.54, 1.807) is 16.7 Å². The van der Waals surface area contributed by atoms with Crippen LogP contribution in [-0.4, -0.2) is 40.9 Å². The van der Waals surface area contributed by atoms with Crippen LogP contribution >= 0.6 is 12.2 Å². The van der Waals surface area contributed by atoms with Crippen LogP contribution in [0.15, 0.2) is 54.9 Å². The Hall–Kier alpha value is -3.66. The number of hydrogen-bond acceptors (Lipinski definition) is 6. The second-order valence-electron chi connectivity index (χ2n) is 6.16.